The Morgan fingerprint density at radius 1 is 1.12 bits per heavy atom. The highest BCUT2D eigenvalue weighted by Crippen LogP contribution is 2.22. The molecule has 0 amide bonds. The van der Waals surface area contributed by atoms with Gasteiger partial charge in [0.15, 0.2) is 0 Å². The van der Waals surface area contributed by atoms with Crippen LogP contribution in [0, 0.1) is 6.92 Å². The van der Waals surface area contributed by atoms with Gasteiger partial charge in [-0.05, 0) is 26.8 Å². The van der Waals surface area contributed by atoms with Crippen molar-refractivity contribution < 1.29 is 0 Å². The van der Waals surface area contributed by atoms with E-state index in [1.807, 2.05) is 6.92 Å². The number of nitrogens with zero attached hydrogens (tertiary/aromatic N) is 3. The van der Waals surface area contributed by atoms with Crippen LogP contribution >= 0.6 is 0 Å². The molecular formula is C13H23N3. The lowest BCUT2D eigenvalue weighted by molar-refractivity contribution is 0.564. The van der Waals surface area contributed by atoms with Crippen LogP contribution < -0.4 is 4.90 Å². The lowest BCUT2D eigenvalue weighted by Crippen LogP contribution is -2.26. The second kappa shape index (κ2) is 4.81. The number of anilines is 1. The minimum Gasteiger partial charge on any atom is -0.341 e. The largest absolute Gasteiger partial charge is 0.341 e. The van der Waals surface area contributed by atoms with Crippen molar-refractivity contribution >= 4 is 5.95 Å². The van der Waals surface area contributed by atoms with Crippen LogP contribution in [0.25, 0.3) is 0 Å². The molecule has 1 rings (SSSR count). The molecule has 0 aliphatic rings. The zero-order chi connectivity index (χ0) is 12.3. The third-order valence-corrected chi connectivity index (χ3v) is 2.66. The zero-order valence-electron chi connectivity index (χ0n) is 11.3. The average Bonchev–Trinajstić information content (AvgIpc) is 2.17. The Hall–Kier alpha value is -1.12. The van der Waals surface area contributed by atoms with Gasteiger partial charge in [0, 0.05) is 24.2 Å². The monoisotopic (exact) mass is 221 g/mol. The maximum absolute atomic E-state index is 4.66. The van der Waals surface area contributed by atoms with E-state index >= 15 is 0 Å². The molecule has 0 fully saturated rings. The van der Waals surface area contributed by atoms with E-state index in [-0.39, 0.29) is 5.41 Å². The summed E-state index contributed by atoms with van der Waals surface area (Å²) in [6, 6.07) is 2.08. The Morgan fingerprint density at radius 3 is 2.12 bits per heavy atom. The smallest absolute Gasteiger partial charge is 0.225 e. The number of aryl methyl sites for hydroxylation is 1. The Balaban J connectivity index is 3.17. The second-order valence-corrected chi connectivity index (χ2v) is 5.12. The Bertz CT molecular complexity index is 349. The van der Waals surface area contributed by atoms with Crippen LogP contribution in [0.4, 0.5) is 5.95 Å². The first-order chi connectivity index (χ1) is 7.38. The number of hydrogen-bond donors (Lipinski definition) is 0. The SMILES string of the molecule is CCN(CC)c1nc(C)cc(C(C)(C)C)n1. The average molecular weight is 221 g/mol. The predicted octanol–water partition coefficient (Wildman–Crippen LogP) is 2.93. The fourth-order valence-corrected chi connectivity index (χ4v) is 1.58. The Labute approximate surface area is 98.9 Å². The molecule has 3 nitrogen and oxygen atoms in total. The number of aromatic nitrogens is 2. The van der Waals surface area contributed by atoms with Crippen molar-refractivity contribution in [1.29, 1.82) is 0 Å². The summed E-state index contributed by atoms with van der Waals surface area (Å²) in [6.07, 6.45) is 0. The van der Waals surface area contributed by atoms with E-state index in [1.54, 1.807) is 0 Å². The molecule has 16 heavy (non-hydrogen) atoms. The van der Waals surface area contributed by atoms with Crippen molar-refractivity contribution in [2.24, 2.45) is 0 Å². The van der Waals surface area contributed by atoms with Gasteiger partial charge in [0.2, 0.25) is 5.95 Å². The summed E-state index contributed by atoms with van der Waals surface area (Å²) >= 11 is 0. The highest BCUT2D eigenvalue weighted by molar-refractivity contribution is 5.33. The van der Waals surface area contributed by atoms with Gasteiger partial charge < -0.3 is 4.90 Å². The van der Waals surface area contributed by atoms with Crippen LogP contribution in [0.5, 0.6) is 0 Å². The third-order valence-electron chi connectivity index (χ3n) is 2.66. The molecule has 90 valence electrons. The van der Waals surface area contributed by atoms with Crippen LogP contribution in [0.1, 0.15) is 46.0 Å². The van der Waals surface area contributed by atoms with Crippen LogP contribution in [0.2, 0.25) is 0 Å². The lowest BCUT2D eigenvalue weighted by atomic mass is 9.91. The Morgan fingerprint density at radius 2 is 1.69 bits per heavy atom. The van der Waals surface area contributed by atoms with Crippen molar-refractivity contribution in [3.05, 3.63) is 17.5 Å². The second-order valence-electron chi connectivity index (χ2n) is 5.12. The minimum atomic E-state index is 0.0790. The van der Waals surface area contributed by atoms with Crippen molar-refractivity contribution in [3.8, 4) is 0 Å². The molecule has 1 heterocycles. The summed E-state index contributed by atoms with van der Waals surface area (Å²) in [5, 5.41) is 0. The molecule has 0 aromatic carbocycles. The quantitative estimate of drug-likeness (QED) is 0.786. The third kappa shape index (κ3) is 2.94. The number of rotatable bonds is 3. The van der Waals surface area contributed by atoms with E-state index in [4.69, 9.17) is 0 Å². The van der Waals surface area contributed by atoms with Gasteiger partial charge in [-0.2, -0.15) is 0 Å². The van der Waals surface area contributed by atoms with E-state index in [0.29, 0.717) is 0 Å². The molecule has 0 aliphatic heterocycles. The molecule has 3 heteroatoms. The first kappa shape index (κ1) is 12.9. The summed E-state index contributed by atoms with van der Waals surface area (Å²) in [7, 11) is 0. The van der Waals surface area contributed by atoms with Crippen molar-refractivity contribution in [2.45, 2.75) is 47.0 Å². The standard InChI is InChI=1S/C13H23N3/c1-7-16(8-2)12-14-10(3)9-11(15-12)13(4,5)6/h9H,7-8H2,1-6H3. The molecule has 0 N–H and O–H groups in total. The molecule has 0 aliphatic carbocycles. The molecule has 0 spiro atoms. The van der Waals surface area contributed by atoms with Crippen molar-refractivity contribution in [1.82, 2.24) is 9.97 Å². The van der Waals surface area contributed by atoms with E-state index in [0.717, 1.165) is 30.4 Å². The first-order valence-corrected chi connectivity index (χ1v) is 5.99. The highest BCUT2D eigenvalue weighted by atomic mass is 15.2. The van der Waals surface area contributed by atoms with Gasteiger partial charge in [-0.3, -0.25) is 0 Å². The van der Waals surface area contributed by atoms with Gasteiger partial charge in [-0.1, -0.05) is 20.8 Å². The van der Waals surface area contributed by atoms with Crippen LogP contribution in [0.15, 0.2) is 6.07 Å². The van der Waals surface area contributed by atoms with E-state index < -0.39 is 0 Å². The van der Waals surface area contributed by atoms with Gasteiger partial charge in [0.05, 0.1) is 5.69 Å². The summed E-state index contributed by atoms with van der Waals surface area (Å²) in [5.74, 6) is 0.856. The topological polar surface area (TPSA) is 29.0 Å². The highest BCUT2D eigenvalue weighted by Gasteiger charge is 2.18. The van der Waals surface area contributed by atoms with Crippen molar-refractivity contribution in [2.75, 3.05) is 18.0 Å². The lowest BCUT2D eigenvalue weighted by Gasteiger charge is -2.23. The molecule has 0 radical (unpaired) electrons. The van der Waals surface area contributed by atoms with E-state index in [1.165, 1.54) is 0 Å². The maximum Gasteiger partial charge on any atom is 0.225 e. The summed E-state index contributed by atoms with van der Waals surface area (Å²) in [4.78, 5) is 11.3. The summed E-state index contributed by atoms with van der Waals surface area (Å²) in [5.41, 5.74) is 2.24. The molecule has 1 aromatic rings. The fraction of sp³-hybridized carbons (Fsp3) is 0.692. The molecule has 0 bridgehead atoms. The number of hydrogen-bond acceptors (Lipinski definition) is 3. The summed E-state index contributed by atoms with van der Waals surface area (Å²) < 4.78 is 0. The van der Waals surface area contributed by atoms with E-state index in [2.05, 4.69) is 55.6 Å². The fourth-order valence-electron chi connectivity index (χ4n) is 1.58. The van der Waals surface area contributed by atoms with Gasteiger partial charge in [-0.15, -0.1) is 0 Å². The summed E-state index contributed by atoms with van der Waals surface area (Å²) in [6.45, 7) is 14.7. The van der Waals surface area contributed by atoms with Gasteiger partial charge in [-0.25, -0.2) is 9.97 Å². The van der Waals surface area contributed by atoms with Crippen molar-refractivity contribution in [3.63, 3.8) is 0 Å². The van der Waals surface area contributed by atoms with E-state index in [9.17, 15) is 0 Å². The van der Waals surface area contributed by atoms with Crippen LogP contribution in [-0.4, -0.2) is 23.1 Å². The predicted molar refractivity (Wildman–Crippen MR) is 69.0 cm³/mol. The van der Waals surface area contributed by atoms with Gasteiger partial charge in [0.1, 0.15) is 0 Å². The molecule has 1 aromatic heterocycles. The van der Waals surface area contributed by atoms with Crippen LogP contribution in [-0.2, 0) is 5.41 Å². The first-order valence-electron chi connectivity index (χ1n) is 5.99. The maximum atomic E-state index is 4.66. The zero-order valence-corrected chi connectivity index (χ0v) is 11.3. The molecule has 0 unspecified atom stereocenters. The normalized spacial score (nSPS) is 11.6. The molecule has 0 saturated heterocycles. The van der Waals surface area contributed by atoms with Gasteiger partial charge in [0.25, 0.3) is 0 Å². The van der Waals surface area contributed by atoms with Crippen LogP contribution in [0.3, 0.4) is 0 Å². The Kier molecular flexibility index (Phi) is 3.89. The molecular weight excluding hydrogens is 198 g/mol. The van der Waals surface area contributed by atoms with Gasteiger partial charge >= 0.3 is 0 Å². The molecule has 0 atom stereocenters. The molecule has 0 saturated carbocycles. The minimum absolute atomic E-state index is 0.0790.